The highest BCUT2D eigenvalue weighted by Gasteiger charge is 2.24. The average Bonchev–Trinajstić information content (AvgIpc) is 3.20. The molecule has 1 atom stereocenters. The van der Waals surface area contributed by atoms with E-state index in [2.05, 4.69) is 45.2 Å². The first-order valence-corrected chi connectivity index (χ1v) is 10.5. The third kappa shape index (κ3) is 4.04. The number of H-pyrrole nitrogens is 1. The van der Waals surface area contributed by atoms with E-state index in [1.165, 1.54) is 29.5 Å². The third-order valence-corrected chi connectivity index (χ3v) is 5.98. The zero-order chi connectivity index (χ0) is 19.6. The van der Waals surface area contributed by atoms with E-state index in [0.717, 1.165) is 41.5 Å². The van der Waals surface area contributed by atoms with E-state index in [0.29, 0.717) is 5.92 Å². The molecule has 1 N–H and O–H groups in total. The summed E-state index contributed by atoms with van der Waals surface area (Å²) in [7, 11) is 0. The minimum Gasteiger partial charge on any atom is -0.342 e. The SMILES string of the molecule is Clc1ccc(CN2CCCC(c3nc4ccc(-c5ccncc5)cc4[nH]3)C2)cc1. The van der Waals surface area contributed by atoms with Gasteiger partial charge in [0.15, 0.2) is 0 Å². The van der Waals surface area contributed by atoms with Gasteiger partial charge in [0.1, 0.15) is 5.82 Å². The van der Waals surface area contributed by atoms with Crippen molar-refractivity contribution in [1.82, 2.24) is 19.9 Å². The lowest BCUT2D eigenvalue weighted by Gasteiger charge is -2.31. The molecule has 0 spiro atoms. The zero-order valence-corrected chi connectivity index (χ0v) is 16.9. The first-order valence-electron chi connectivity index (χ1n) is 10.1. The molecule has 5 rings (SSSR count). The molecule has 146 valence electrons. The summed E-state index contributed by atoms with van der Waals surface area (Å²) in [5.41, 5.74) is 5.80. The number of rotatable bonds is 4. The fourth-order valence-corrected chi connectivity index (χ4v) is 4.34. The third-order valence-electron chi connectivity index (χ3n) is 5.73. The second-order valence-electron chi connectivity index (χ2n) is 7.79. The van der Waals surface area contributed by atoms with E-state index in [-0.39, 0.29) is 0 Å². The van der Waals surface area contributed by atoms with Crippen LogP contribution in [-0.4, -0.2) is 32.9 Å². The number of nitrogens with zero attached hydrogens (tertiary/aromatic N) is 3. The topological polar surface area (TPSA) is 44.8 Å². The summed E-state index contributed by atoms with van der Waals surface area (Å²) >= 11 is 6.02. The van der Waals surface area contributed by atoms with E-state index in [1.54, 1.807) is 0 Å². The summed E-state index contributed by atoms with van der Waals surface area (Å²) in [6.45, 7) is 3.12. The van der Waals surface area contributed by atoms with Crippen molar-refractivity contribution in [3.05, 3.63) is 83.4 Å². The monoisotopic (exact) mass is 402 g/mol. The second-order valence-corrected chi connectivity index (χ2v) is 8.23. The number of aromatic nitrogens is 3. The molecule has 0 amide bonds. The number of aromatic amines is 1. The molecule has 2 aromatic heterocycles. The predicted molar refractivity (Wildman–Crippen MR) is 118 cm³/mol. The number of nitrogens with one attached hydrogen (secondary N) is 1. The molecule has 1 unspecified atom stereocenters. The van der Waals surface area contributed by atoms with Crippen molar-refractivity contribution < 1.29 is 0 Å². The van der Waals surface area contributed by atoms with Crippen LogP contribution in [0.25, 0.3) is 22.2 Å². The van der Waals surface area contributed by atoms with Gasteiger partial charge in [-0.15, -0.1) is 0 Å². The number of pyridine rings is 1. The Morgan fingerprint density at radius 1 is 1.00 bits per heavy atom. The van der Waals surface area contributed by atoms with Gasteiger partial charge in [0.05, 0.1) is 11.0 Å². The average molecular weight is 403 g/mol. The largest absolute Gasteiger partial charge is 0.342 e. The first-order chi connectivity index (χ1) is 14.2. The smallest absolute Gasteiger partial charge is 0.111 e. The van der Waals surface area contributed by atoms with Gasteiger partial charge >= 0.3 is 0 Å². The van der Waals surface area contributed by atoms with Crippen molar-refractivity contribution in [3.8, 4) is 11.1 Å². The number of benzene rings is 2. The Balaban J connectivity index is 1.35. The number of halogens is 1. The maximum absolute atomic E-state index is 6.02. The molecule has 29 heavy (non-hydrogen) atoms. The van der Waals surface area contributed by atoms with Crippen molar-refractivity contribution in [3.63, 3.8) is 0 Å². The number of likely N-dealkylation sites (tertiary alicyclic amines) is 1. The van der Waals surface area contributed by atoms with Crippen LogP contribution in [0.5, 0.6) is 0 Å². The summed E-state index contributed by atoms with van der Waals surface area (Å²) in [5, 5.41) is 0.790. The van der Waals surface area contributed by atoms with E-state index in [4.69, 9.17) is 16.6 Å². The highest BCUT2D eigenvalue weighted by atomic mass is 35.5. The van der Waals surface area contributed by atoms with Crippen molar-refractivity contribution in [1.29, 1.82) is 0 Å². The van der Waals surface area contributed by atoms with Crippen molar-refractivity contribution >= 4 is 22.6 Å². The Hall–Kier alpha value is -2.69. The molecule has 1 aliphatic heterocycles. The fourth-order valence-electron chi connectivity index (χ4n) is 4.22. The Labute approximate surface area is 175 Å². The standard InChI is InChI=1S/C24H23ClN4/c25-21-6-3-17(4-7-21)15-29-13-1-2-20(16-29)24-27-22-8-5-19(14-23(22)28-24)18-9-11-26-12-10-18/h3-12,14,20H,1-2,13,15-16H2,(H,27,28). The number of fused-ring (bicyclic) bond motifs is 1. The highest BCUT2D eigenvalue weighted by molar-refractivity contribution is 6.30. The van der Waals surface area contributed by atoms with Crippen molar-refractivity contribution in [2.45, 2.75) is 25.3 Å². The molecular weight excluding hydrogens is 380 g/mol. The number of piperidine rings is 1. The lowest BCUT2D eigenvalue weighted by molar-refractivity contribution is 0.197. The van der Waals surface area contributed by atoms with Crippen LogP contribution in [0.3, 0.4) is 0 Å². The van der Waals surface area contributed by atoms with Crippen LogP contribution in [0.2, 0.25) is 5.02 Å². The van der Waals surface area contributed by atoms with E-state index < -0.39 is 0 Å². The van der Waals surface area contributed by atoms with Gasteiger partial charge in [-0.1, -0.05) is 29.8 Å². The van der Waals surface area contributed by atoms with Crippen molar-refractivity contribution in [2.24, 2.45) is 0 Å². The Kier molecular flexibility index (Phi) is 5.04. The maximum atomic E-state index is 6.02. The summed E-state index contributed by atoms with van der Waals surface area (Å²) in [5.74, 6) is 1.54. The molecule has 1 fully saturated rings. The van der Waals surface area contributed by atoms with Gasteiger partial charge in [0.2, 0.25) is 0 Å². The highest BCUT2D eigenvalue weighted by Crippen LogP contribution is 2.29. The van der Waals surface area contributed by atoms with Crippen LogP contribution in [0.15, 0.2) is 67.0 Å². The predicted octanol–water partition coefficient (Wildman–Crippen LogP) is 5.66. The quantitative estimate of drug-likeness (QED) is 0.479. The van der Waals surface area contributed by atoms with Crippen LogP contribution in [0.1, 0.15) is 30.1 Å². The molecule has 0 saturated carbocycles. The van der Waals surface area contributed by atoms with E-state index in [9.17, 15) is 0 Å². The maximum Gasteiger partial charge on any atom is 0.111 e. The molecule has 0 radical (unpaired) electrons. The second kappa shape index (κ2) is 7.97. The molecule has 0 bridgehead atoms. The Morgan fingerprint density at radius 2 is 1.83 bits per heavy atom. The molecule has 4 aromatic rings. The van der Waals surface area contributed by atoms with Gasteiger partial charge in [-0.3, -0.25) is 9.88 Å². The minimum absolute atomic E-state index is 0.438. The van der Waals surface area contributed by atoms with Gasteiger partial charge in [0, 0.05) is 36.4 Å². The summed E-state index contributed by atoms with van der Waals surface area (Å²) < 4.78 is 0. The molecular formula is C24H23ClN4. The molecule has 1 saturated heterocycles. The summed E-state index contributed by atoms with van der Waals surface area (Å²) in [4.78, 5) is 15.1. The zero-order valence-electron chi connectivity index (χ0n) is 16.2. The van der Waals surface area contributed by atoms with Crippen LogP contribution in [0.4, 0.5) is 0 Å². The van der Waals surface area contributed by atoms with Crippen LogP contribution < -0.4 is 0 Å². The molecule has 0 aliphatic carbocycles. The number of imidazole rings is 1. The van der Waals surface area contributed by atoms with Gasteiger partial charge in [-0.2, -0.15) is 0 Å². The van der Waals surface area contributed by atoms with E-state index in [1.807, 2.05) is 36.7 Å². The Morgan fingerprint density at radius 3 is 2.66 bits per heavy atom. The first kappa shape index (κ1) is 18.3. The lowest BCUT2D eigenvalue weighted by atomic mass is 9.97. The van der Waals surface area contributed by atoms with Crippen molar-refractivity contribution in [2.75, 3.05) is 13.1 Å². The normalized spacial score (nSPS) is 17.6. The van der Waals surface area contributed by atoms with Gasteiger partial charge < -0.3 is 4.98 Å². The Bertz CT molecular complexity index is 1100. The van der Waals surface area contributed by atoms with Crippen LogP contribution in [0, 0.1) is 0 Å². The number of hydrogen-bond acceptors (Lipinski definition) is 3. The number of hydrogen-bond donors (Lipinski definition) is 1. The summed E-state index contributed by atoms with van der Waals surface area (Å²) in [6.07, 6.45) is 6.02. The molecule has 2 aromatic carbocycles. The fraction of sp³-hybridized carbons (Fsp3) is 0.250. The van der Waals surface area contributed by atoms with Gasteiger partial charge in [0.25, 0.3) is 0 Å². The minimum atomic E-state index is 0.438. The van der Waals surface area contributed by atoms with E-state index >= 15 is 0 Å². The summed E-state index contributed by atoms with van der Waals surface area (Å²) in [6, 6.07) is 18.7. The lowest BCUT2D eigenvalue weighted by Crippen LogP contribution is -2.34. The molecule has 3 heterocycles. The van der Waals surface area contributed by atoms with Crippen LogP contribution in [-0.2, 0) is 6.54 Å². The van der Waals surface area contributed by atoms with Crippen LogP contribution >= 0.6 is 11.6 Å². The molecule has 5 heteroatoms. The van der Waals surface area contributed by atoms with Gasteiger partial charge in [-0.05, 0) is 72.5 Å². The van der Waals surface area contributed by atoms with Gasteiger partial charge in [-0.25, -0.2) is 4.98 Å². The molecule has 4 nitrogen and oxygen atoms in total. The molecule has 1 aliphatic rings.